The monoisotopic (exact) mass is 375 g/mol. The number of thiazole rings is 1. The molecular weight excluding hydrogens is 350 g/mol. The molecule has 0 spiro atoms. The lowest BCUT2D eigenvalue weighted by atomic mass is 9.97. The van der Waals surface area contributed by atoms with Crippen LogP contribution in [0.3, 0.4) is 0 Å². The Hall–Kier alpha value is -1.54. The van der Waals surface area contributed by atoms with E-state index in [4.69, 9.17) is 14.5 Å². The lowest BCUT2D eigenvalue weighted by Gasteiger charge is -2.30. The molecule has 2 aliphatic rings. The quantitative estimate of drug-likeness (QED) is 0.866. The van der Waals surface area contributed by atoms with Gasteiger partial charge in [-0.2, -0.15) is 0 Å². The topological polar surface area (TPSA) is 63.7 Å². The molecule has 1 N–H and O–H groups in total. The summed E-state index contributed by atoms with van der Waals surface area (Å²) in [6, 6.07) is 8.32. The molecule has 4 rings (SSSR count). The van der Waals surface area contributed by atoms with E-state index in [1.165, 1.54) is 9.71 Å². The van der Waals surface area contributed by atoms with Crippen LogP contribution in [0, 0.1) is 0 Å². The van der Waals surface area contributed by atoms with Gasteiger partial charge in [-0.25, -0.2) is 4.98 Å². The lowest BCUT2D eigenvalue weighted by molar-refractivity contribution is -0.125. The molecule has 2 aromatic rings. The first kappa shape index (κ1) is 17.9. The molecule has 1 aromatic heterocycles. The fraction of sp³-hybridized carbons (Fsp3) is 0.579. The number of rotatable bonds is 5. The van der Waals surface area contributed by atoms with Crippen LogP contribution in [-0.2, 0) is 14.3 Å². The van der Waals surface area contributed by atoms with Crippen LogP contribution in [0.15, 0.2) is 24.3 Å². The van der Waals surface area contributed by atoms with E-state index in [2.05, 4.69) is 28.4 Å². The van der Waals surface area contributed by atoms with Gasteiger partial charge in [-0.05, 0) is 38.1 Å². The highest BCUT2D eigenvalue weighted by atomic mass is 32.1. The van der Waals surface area contributed by atoms with Gasteiger partial charge in [-0.3, -0.25) is 9.69 Å². The maximum atomic E-state index is 12.2. The van der Waals surface area contributed by atoms with Gasteiger partial charge in [0, 0.05) is 12.5 Å². The van der Waals surface area contributed by atoms with Gasteiger partial charge in [0.15, 0.2) is 0 Å². The highest BCUT2D eigenvalue weighted by molar-refractivity contribution is 7.18. The lowest BCUT2D eigenvalue weighted by Crippen LogP contribution is -2.45. The minimum atomic E-state index is -0.0162. The smallest absolute Gasteiger partial charge is 0.234 e. The predicted molar refractivity (Wildman–Crippen MR) is 102 cm³/mol. The standard InChI is InChI=1S/C19H25N3O3S/c23-18(20-11-15-13-24-9-10-25-15)12-22-7-5-14(6-8-22)19-21-16-3-1-2-4-17(16)26-19/h1-4,14-15H,5-13H2,(H,20,23). The number of ether oxygens (including phenoxy) is 2. The zero-order valence-electron chi connectivity index (χ0n) is 14.9. The van der Waals surface area contributed by atoms with Gasteiger partial charge in [-0.1, -0.05) is 12.1 Å². The zero-order chi connectivity index (χ0) is 17.8. The van der Waals surface area contributed by atoms with Crippen LogP contribution in [0.4, 0.5) is 0 Å². The van der Waals surface area contributed by atoms with Gasteiger partial charge in [0.05, 0.1) is 47.7 Å². The molecule has 1 atom stereocenters. The summed E-state index contributed by atoms with van der Waals surface area (Å²) in [6.07, 6.45) is 2.11. The number of hydrogen-bond donors (Lipinski definition) is 1. The maximum absolute atomic E-state index is 12.2. The number of carbonyl (C=O) groups excluding carboxylic acids is 1. The average Bonchev–Trinajstić information content (AvgIpc) is 3.12. The van der Waals surface area contributed by atoms with Crippen molar-refractivity contribution in [3.63, 3.8) is 0 Å². The number of amides is 1. The van der Waals surface area contributed by atoms with Crippen molar-refractivity contribution in [1.82, 2.24) is 15.2 Å². The number of para-hydroxylation sites is 1. The van der Waals surface area contributed by atoms with Crippen molar-refractivity contribution in [1.29, 1.82) is 0 Å². The van der Waals surface area contributed by atoms with E-state index in [0.29, 0.717) is 38.8 Å². The van der Waals surface area contributed by atoms with Crippen LogP contribution < -0.4 is 5.32 Å². The summed E-state index contributed by atoms with van der Waals surface area (Å²) in [5.41, 5.74) is 1.10. The molecule has 0 radical (unpaired) electrons. The van der Waals surface area contributed by atoms with E-state index in [1.54, 1.807) is 0 Å². The van der Waals surface area contributed by atoms with E-state index >= 15 is 0 Å². The third-order valence-electron chi connectivity index (χ3n) is 5.03. The minimum Gasteiger partial charge on any atom is -0.376 e. The van der Waals surface area contributed by atoms with Gasteiger partial charge < -0.3 is 14.8 Å². The molecule has 1 unspecified atom stereocenters. The fourth-order valence-electron chi connectivity index (χ4n) is 3.54. The molecule has 0 bridgehead atoms. The number of benzene rings is 1. The Balaban J connectivity index is 1.22. The van der Waals surface area contributed by atoms with Crippen molar-refractivity contribution < 1.29 is 14.3 Å². The molecule has 140 valence electrons. The molecule has 2 aliphatic heterocycles. The third-order valence-corrected chi connectivity index (χ3v) is 6.23. The average molecular weight is 375 g/mol. The summed E-state index contributed by atoms with van der Waals surface area (Å²) in [5.74, 6) is 0.581. The number of nitrogens with one attached hydrogen (secondary N) is 1. The molecule has 7 heteroatoms. The van der Waals surface area contributed by atoms with Gasteiger partial charge in [-0.15, -0.1) is 11.3 Å². The van der Waals surface area contributed by atoms with Crippen LogP contribution in [0.1, 0.15) is 23.8 Å². The summed E-state index contributed by atoms with van der Waals surface area (Å²) in [7, 11) is 0. The van der Waals surface area contributed by atoms with E-state index in [0.717, 1.165) is 31.4 Å². The Morgan fingerprint density at radius 3 is 2.88 bits per heavy atom. The Morgan fingerprint density at radius 2 is 2.12 bits per heavy atom. The maximum Gasteiger partial charge on any atom is 0.234 e. The predicted octanol–water partition coefficient (Wildman–Crippen LogP) is 2.01. The van der Waals surface area contributed by atoms with Crippen LogP contribution in [0.2, 0.25) is 0 Å². The molecule has 3 heterocycles. The highest BCUT2D eigenvalue weighted by Gasteiger charge is 2.24. The normalized spacial score (nSPS) is 22.5. The molecule has 0 aliphatic carbocycles. The van der Waals surface area contributed by atoms with Crippen LogP contribution in [-0.4, -0.2) is 67.9 Å². The van der Waals surface area contributed by atoms with Crippen LogP contribution >= 0.6 is 11.3 Å². The van der Waals surface area contributed by atoms with E-state index in [-0.39, 0.29) is 12.0 Å². The summed E-state index contributed by atoms with van der Waals surface area (Å²) in [6.45, 7) is 4.69. The van der Waals surface area contributed by atoms with Crippen molar-refractivity contribution in [2.45, 2.75) is 24.9 Å². The number of aromatic nitrogens is 1. The Morgan fingerprint density at radius 1 is 1.27 bits per heavy atom. The third kappa shape index (κ3) is 4.40. The van der Waals surface area contributed by atoms with E-state index in [1.807, 2.05) is 17.4 Å². The van der Waals surface area contributed by atoms with Gasteiger partial charge in [0.2, 0.25) is 5.91 Å². The van der Waals surface area contributed by atoms with E-state index < -0.39 is 0 Å². The number of hydrogen-bond acceptors (Lipinski definition) is 6. The summed E-state index contributed by atoms with van der Waals surface area (Å²) < 4.78 is 12.2. The largest absolute Gasteiger partial charge is 0.376 e. The molecular formula is C19H25N3O3S. The number of nitrogens with zero attached hydrogens (tertiary/aromatic N) is 2. The molecule has 1 aromatic carbocycles. The van der Waals surface area contributed by atoms with Gasteiger partial charge >= 0.3 is 0 Å². The van der Waals surface area contributed by atoms with Crippen molar-refractivity contribution >= 4 is 27.5 Å². The zero-order valence-corrected chi connectivity index (χ0v) is 15.7. The van der Waals surface area contributed by atoms with Crippen molar-refractivity contribution in [2.24, 2.45) is 0 Å². The Bertz CT molecular complexity index is 703. The minimum absolute atomic E-state index is 0.0162. The fourth-order valence-corrected chi connectivity index (χ4v) is 4.68. The second-order valence-electron chi connectivity index (χ2n) is 6.94. The second kappa shape index (κ2) is 8.43. The van der Waals surface area contributed by atoms with Crippen LogP contribution in [0.5, 0.6) is 0 Å². The van der Waals surface area contributed by atoms with Crippen molar-refractivity contribution in [2.75, 3.05) is 46.0 Å². The van der Waals surface area contributed by atoms with Crippen LogP contribution in [0.25, 0.3) is 10.2 Å². The Labute approximate surface area is 157 Å². The number of carbonyl (C=O) groups is 1. The molecule has 2 saturated heterocycles. The molecule has 6 nitrogen and oxygen atoms in total. The first-order valence-electron chi connectivity index (χ1n) is 9.32. The molecule has 2 fully saturated rings. The number of fused-ring (bicyclic) bond motifs is 1. The van der Waals surface area contributed by atoms with Crippen molar-refractivity contribution in [3.05, 3.63) is 29.3 Å². The van der Waals surface area contributed by atoms with Crippen molar-refractivity contribution in [3.8, 4) is 0 Å². The number of piperidine rings is 1. The SMILES string of the molecule is O=C(CN1CCC(c2nc3ccccc3s2)CC1)NCC1COCCO1. The first-order valence-corrected chi connectivity index (χ1v) is 10.1. The van der Waals surface area contributed by atoms with E-state index in [9.17, 15) is 4.79 Å². The summed E-state index contributed by atoms with van der Waals surface area (Å²) in [5, 5.41) is 4.20. The summed E-state index contributed by atoms with van der Waals surface area (Å²) in [4.78, 5) is 19.2. The number of likely N-dealkylation sites (tertiary alicyclic amines) is 1. The second-order valence-corrected chi connectivity index (χ2v) is 8.00. The first-order chi connectivity index (χ1) is 12.8. The molecule has 0 saturated carbocycles. The molecule has 1 amide bonds. The summed E-state index contributed by atoms with van der Waals surface area (Å²) >= 11 is 1.81. The van der Waals surface area contributed by atoms with Gasteiger partial charge in [0.1, 0.15) is 0 Å². The molecule has 26 heavy (non-hydrogen) atoms. The Kier molecular flexibility index (Phi) is 5.79. The van der Waals surface area contributed by atoms with Gasteiger partial charge in [0.25, 0.3) is 0 Å². The highest BCUT2D eigenvalue weighted by Crippen LogP contribution is 2.33.